The molecule has 2 heteroatoms. The maximum Gasteiger partial charge on any atom is 0.0184 e. The van der Waals surface area contributed by atoms with E-state index in [1.54, 1.807) is 0 Å². The molecular weight excluding hydrogens is 202 g/mol. The zero-order chi connectivity index (χ0) is 10.9. The molecule has 84 valence electrons. The Labute approximate surface area is 97.4 Å². The summed E-state index contributed by atoms with van der Waals surface area (Å²) in [5.74, 6) is 2.35. The molecule has 1 atom stereocenters. The Kier molecular flexibility index (Phi) is 6.53. The lowest BCUT2D eigenvalue weighted by Gasteiger charge is -2.07. The lowest BCUT2D eigenvalue weighted by atomic mass is 10.1. The van der Waals surface area contributed by atoms with Crippen molar-refractivity contribution < 1.29 is 0 Å². The first-order valence-electron chi connectivity index (χ1n) is 5.70. The summed E-state index contributed by atoms with van der Waals surface area (Å²) in [6.07, 6.45) is 3.51. The Morgan fingerprint density at radius 3 is 2.67 bits per heavy atom. The summed E-state index contributed by atoms with van der Waals surface area (Å²) < 4.78 is 0. The van der Waals surface area contributed by atoms with Crippen molar-refractivity contribution in [3.8, 4) is 0 Å². The van der Waals surface area contributed by atoms with E-state index in [2.05, 4.69) is 37.3 Å². The average molecular weight is 223 g/mol. The molecule has 0 spiro atoms. The van der Waals surface area contributed by atoms with Gasteiger partial charge < -0.3 is 5.73 Å². The highest BCUT2D eigenvalue weighted by atomic mass is 32.2. The highest BCUT2D eigenvalue weighted by Crippen LogP contribution is 2.14. The number of hydrogen-bond donors (Lipinski definition) is 1. The molecule has 1 unspecified atom stereocenters. The van der Waals surface area contributed by atoms with E-state index in [9.17, 15) is 0 Å². The third-order valence-electron chi connectivity index (χ3n) is 2.50. The van der Waals surface area contributed by atoms with Crippen molar-refractivity contribution in [2.24, 2.45) is 5.73 Å². The van der Waals surface area contributed by atoms with E-state index < -0.39 is 0 Å². The Morgan fingerprint density at radius 2 is 2.00 bits per heavy atom. The zero-order valence-electron chi connectivity index (χ0n) is 9.49. The van der Waals surface area contributed by atoms with Gasteiger partial charge in [0.05, 0.1) is 0 Å². The van der Waals surface area contributed by atoms with E-state index in [4.69, 9.17) is 5.73 Å². The Bertz CT molecular complexity index is 248. The van der Waals surface area contributed by atoms with Gasteiger partial charge in [-0.15, -0.1) is 0 Å². The molecule has 0 aliphatic rings. The number of benzene rings is 1. The molecule has 1 aromatic rings. The van der Waals surface area contributed by atoms with Gasteiger partial charge in [0.25, 0.3) is 0 Å². The summed E-state index contributed by atoms with van der Waals surface area (Å²) in [4.78, 5) is 0. The molecular formula is C13H21NS. The molecule has 0 aliphatic heterocycles. The minimum Gasteiger partial charge on any atom is -0.328 e. The van der Waals surface area contributed by atoms with Gasteiger partial charge >= 0.3 is 0 Å². The second kappa shape index (κ2) is 7.77. The van der Waals surface area contributed by atoms with E-state index in [1.807, 2.05) is 11.8 Å². The number of hydrogen-bond acceptors (Lipinski definition) is 2. The van der Waals surface area contributed by atoms with Gasteiger partial charge in [0, 0.05) is 11.8 Å². The van der Waals surface area contributed by atoms with E-state index >= 15 is 0 Å². The summed E-state index contributed by atoms with van der Waals surface area (Å²) in [6, 6.07) is 11.0. The monoisotopic (exact) mass is 223 g/mol. The second-order valence-corrected chi connectivity index (χ2v) is 4.95. The molecule has 0 saturated heterocycles. The molecule has 0 amide bonds. The van der Waals surface area contributed by atoms with Crippen LogP contribution in [0.3, 0.4) is 0 Å². The molecule has 1 rings (SSSR count). The fourth-order valence-electron chi connectivity index (χ4n) is 1.42. The maximum atomic E-state index is 5.86. The van der Waals surface area contributed by atoms with Crippen molar-refractivity contribution in [3.05, 3.63) is 35.9 Å². The molecule has 15 heavy (non-hydrogen) atoms. The van der Waals surface area contributed by atoms with Gasteiger partial charge in [-0.3, -0.25) is 0 Å². The normalized spacial score (nSPS) is 12.7. The van der Waals surface area contributed by atoms with Gasteiger partial charge in [0.15, 0.2) is 0 Å². The molecule has 0 radical (unpaired) electrons. The smallest absolute Gasteiger partial charge is 0.0184 e. The van der Waals surface area contributed by atoms with Crippen LogP contribution in [0, 0.1) is 0 Å². The van der Waals surface area contributed by atoms with Gasteiger partial charge in [-0.1, -0.05) is 37.3 Å². The topological polar surface area (TPSA) is 26.0 Å². The molecule has 1 nitrogen and oxygen atoms in total. The van der Waals surface area contributed by atoms with Crippen LogP contribution in [0.4, 0.5) is 0 Å². The lowest BCUT2D eigenvalue weighted by molar-refractivity contribution is 0.589. The van der Waals surface area contributed by atoms with E-state index in [0.717, 1.165) is 18.6 Å². The molecule has 0 saturated carbocycles. The van der Waals surface area contributed by atoms with Crippen LogP contribution in [0.5, 0.6) is 0 Å². The van der Waals surface area contributed by atoms with Crippen LogP contribution in [0.15, 0.2) is 30.3 Å². The van der Waals surface area contributed by atoms with Crippen LogP contribution >= 0.6 is 11.8 Å². The third-order valence-corrected chi connectivity index (χ3v) is 3.61. The Hall–Kier alpha value is -0.470. The van der Waals surface area contributed by atoms with Crippen LogP contribution in [0.2, 0.25) is 0 Å². The highest BCUT2D eigenvalue weighted by Gasteiger charge is 1.98. The van der Waals surface area contributed by atoms with Crippen LogP contribution in [0.25, 0.3) is 0 Å². The summed E-state index contributed by atoms with van der Waals surface area (Å²) >= 11 is 2.00. The van der Waals surface area contributed by atoms with Crippen molar-refractivity contribution >= 4 is 11.8 Å². The van der Waals surface area contributed by atoms with Crippen LogP contribution < -0.4 is 5.73 Å². The Morgan fingerprint density at radius 1 is 1.27 bits per heavy atom. The number of nitrogens with two attached hydrogens (primary N) is 1. The largest absolute Gasteiger partial charge is 0.328 e. The summed E-state index contributed by atoms with van der Waals surface area (Å²) in [5.41, 5.74) is 7.28. The zero-order valence-corrected chi connectivity index (χ0v) is 10.3. The predicted octanol–water partition coefficient (Wildman–Crippen LogP) is 3.44. The fourth-order valence-corrected chi connectivity index (χ4v) is 2.36. The van der Waals surface area contributed by atoms with Gasteiger partial charge in [0.1, 0.15) is 0 Å². The summed E-state index contributed by atoms with van der Waals surface area (Å²) in [5, 5.41) is 0. The standard InChI is InChI=1S/C13H21NS/c1-2-13(14)9-6-10-15-11-12-7-4-3-5-8-12/h3-5,7-8,13H,2,6,9-11,14H2,1H3. The summed E-state index contributed by atoms with van der Waals surface area (Å²) in [7, 11) is 0. The van der Waals surface area contributed by atoms with E-state index in [-0.39, 0.29) is 0 Å². The van der Waals surface area contributed by atoms with Crippen molar-refractivity contribution in [2.75, 3.05) is 5.75 Å². The SMILES string of the molecule is CCC(N)CCCSCc1ccccc1. The summed E-state index contributed by atoms with van der Waals surface area (Å²) in [6.45, 7) is 2.15. The van der Waals surface area contributed by atoms with Gasteiger partial charge in [-0.25, -0.2) is 0 Å². The molecule has 0 fully saturated rings. The van der Waals surface area contributed by atoms with Gasteiger partial charge in [-0.2, -0.15) is 11.8 Å². The van der Waals surface area contributed by atoms with Crippen molar-refractivity contribution in [1.29, 1.82) is 0 Å². The molecule has 2 N–H and O–H groups in total. The van der Waals surface area contributed by atoms with Crippen molar-refractivity contribution in [1.82, 2.24) is 0 Å². The molecule has 0 aromatic heterocycles. The predicted molar refractivity (Wildman–Crippen MR) is 70.1 cm³/mol. The molecule has 1 aromatic carbocycles. The second-order valence-electron chi connectivity index (χ2n) is 3.85. The highest BCUT2D eigenvalue weighted by molar-refractivity contribution is 7.98. The minimum absolute atomic E-state index is 0.405. The van der Waals surface area contributed by atoms with E-state index in [0.29, 0.717) is 6.04 Å². The third kappa shape index (κ3) is 5.85. The first kappa shape index (κ1) is 12.6. The average Bonchev–Trinajstić information content (AvgIpc) is 2.29. The maximum absolute atomic E-state index is 5.86. The van der Waals surface area contributed by atoms with E-state index in [1.165, 1.54) is 17.7 Å². The fraction of sp³-hybridized carbons (Fsp3) is 0.538. The quantitative estimate of drug-likeness (QED) is 0.717. The number of rotatable bonds is 7. The van der Waals surface area contributed by atoms with Crippen LogP contribution in [0.1, 0.15) is 31.7 Å². The van der Waals surface area contributed by atoms with Gasteiger partial charge in [0.2, 0.25) is 0 Å². The van der Waals surface area contributed by atoms with Crippen molar-refractivity contribution in [3.63, 3.8) is 0 Å². The van der Waals surface area contributed by atoms with Gasteiger partial charge in [-0.05, 0) is 30.6 Å². The minimum atomic E-state index is 0.405. The molecule has 0 bridgehead atoms. The lowest BCUT2D eigenvalue weighted by Crippen LogP contribution is -2.18. The number of thioether (sulfide) groups is 1. The Balaban J connectivity index is 2.03. The van der Waals surface area contributed by atoms with Crippen LogP contribution in [-0.2, 0) is 5.75 Å². The molecule has 0 heterocycles. The van der Waals surface area contributed by atoms with Crippen molar-refractivity contribution in [2.45, 2.75) is 38.0 Å². The molecule has 0 aliphatic carbocycles. The first-order chi connectivity index (χ1) is 7.33. The van der Waals surface area contributed by atoms with Crippen LogP contribution in [-0.4, -0.2) is 11.8 Å². The first-order valence-corrected chi connectivity index (χ1v) is 6.85.